The molecule has 1 rings (SSSR count). The first-order valence-corrected chi connectivity index (χ1v) is 6.91. The highest BCUT2D eigenvalue weighted by molar-refractivity contribution is 8.00. The fraction of sp³-hybridized carbons (Fsp3) is 0.462. The molecule has 0 aliphatic heterocycles. The summed E-state index contributed by atoms with van der Waals surface area (Å²) >= 11 is 7.91. The van der Waals surface area contributed by atoms with Crippen molar-refractivity contribution in [3.8, 4) is 0 Å². The SMILES string of the molecule is CC(C)Sc1ccc(CCCC(=O)O)cc1Cl. The van der Waals surface area contributed by atoms with E-state index in [-0.39, 0.29) is 6.42 Å². The van der Waals surface area contributed by atoms with Gasteiger partial charge in [0, 0.05) is 16.6 Å². The maximum atomic E-state index is 10.4. The van der Waals surface area contributed by atoms with Gasteiger partial charge in [-0.1, -0.05) is 31.5 Å². The lowest BCUT2D eigenvalue weighted by Crippen LogP contribution is -1.96. The Labute approximate surface area is 111 Å². The normalized spacial score (nSPS) is 10.8. The number of benzene rings is 1. The van der Waals surface area contributed by atoms with E-state index in [1.54, 1.807) is 11.8 Å². The van der Waals surface area contributed by atoms with Crippen LogP contribution >= 0.6 is 23.4 Å². The molecule has 0 saturated carbocycles. The van der Waals surface area contributed by atoms with Gasteiger partial charge in [0.25, 0.3) is 0 Å². The van der Waals surface area contributed by atoms with Crippen LogP contribution in [0.4, 0.5) is 0 Å². The largest absolute Gasteiger partial charge is 0.481 e. The summed E-state index contributed by atoms with van der Waals surface area (Å²) in [5, 5.41) is 9.83. The summed E-state index contributed by atoms with van der Waals surface area (Å²) in [6, 6.07) is 5.98. The Morgan fingerprint density at radius 3 is 2.71 bits per heavy atom. The van der Waals surface area contributed by atoms with Crippen molar-refractivity contribution in [1.82, 2.24) is 0 Å². The molecule has 0 aliphatic rings. The predicted molar refractivity (Wildman–Crippen MR) is 73.0 cm³/mol. The molecule has 0 fully saturated rings. The quantitative estimate of drug-likeness (QED) is 0.787. The second-order valence-electron chi connectivity index (χ2n) is 4.18. The Morgan fingerprint density at radius 1 is 1.47 bits per heavy atom. The number of rotatable bonds is 6. The fourth-order valence-corrected chi connectivity index (χ4v) is 2.66. The summed E-state index contributed by atoms with van der Waals surface area (Å²) in [5.41, 5.74) is 1.10. The first-order chi connectivity index (χ1) is 7.99. The molecule has 1 aromatic carbocycles. The van der Waals surface area contributed by atoms with E-state index in [0.717, 1.165) is 21.9 Å². The van der Waals surface area contributed by atoms with E-state index in [1.165, 1.54) is 0 Å². The maximum absolute atomic E-state index is 10.4. The molecule has 1 aromatic rings. The van der Waals surface area contributed by atoms with Crippen molar-refractivity contribution in [1.29, 1.82) is 0 Å². The number of carboxylic acids is 1. The Balaban J connectivity index is 2.59. The monoisotopic (exact) mass is 272 g/mol. The molecule has 0 atom stereocenters. The van der Waals surface area contributed by atoms with Crippen LogP contribution in [0.15, 0.2) is 23.1 Å². The lowest BCUT2D eigenvalue weighted by molar-refractivity contribution is -0.137. The van der Waals surface area contributed by atoms with Crippen LogP contribution < -0.4 is 0 Å². The molecule has 94 valence electrons. The molecular formula is C13H17ClO2S. The summed E-state index contributed by atoms with van der Waals surface area (Å²) in [7, 11) is 0. The molecule has 0 aliphatic carbocycles. The van der Waals surface area contributed by atoms with Crippen LogP contribution in [0.25, 0.3) is 0 Å². The summed E-state index contributed by atoms with van der Waals surface area (Å²) < 4.78 is 0. The molecule has 0 saturated heterocycles. The zero-order valence-corrected chi connectivity index (χ0v) is 11.6. The summed E-state index contributed by atoms with van der Waals surface area (Å²) in [6.45, 7) is 4.25. The van der Waals surface area contributed by atoms with E-state index in [9.17, 15) is 4.79 Å². The molecule has 0 radical (unpaired) electrons. The number of hydrogen-bond acceptors (Lipinski definition) is 2. The molecule has 0 unspecified atom stereocenters. The summed E-state index contributed by atoms with van der Waals surface area (Å²) in [4.78, 5) is 11.5. The van der Waals surface area contributed by atoms with E-state index in [2.05, 4.69) is 13.8 Å². The highest BCUT2D eigenvalue weighted by Crippen LogP contribution is 2.31. The lowest BCUT2D eigenvalue weighted by atomic mass is 10.1. The highest BCUT2D eigenvalue weighted by atomic mass is 35.5. The van der Waals surface area contributed by atoms with Gasteiger partial charge in [-0.05, 0) is 30.5 Å². The lowest BCUT2D eigenvalue weighted by Gasteiger charge is -2.08. The van der Waals surface area contributed by atoms with E-state index < -0.39 is 5.97 Å². The maximum Gasteiger partial charge on any atom is 0.303 e. The van der Waals surface area contributed by atoms with E-state index in [1.807, 2.05) is 18.2 Å². The summed E-state index contributed by atoms with van der Waals surface area (Å²) in [6.07, 6.45) is 1.63. The van der Waals surface area contributed by atoms with E-state index in [4.69, 9.17) is 16.7 Å². The third-order valence-electron chi connectivity index (χ3n) is 2.22. The third kappa shape index (κ3) is 5.46. The Kier molecular flexibility index (Phi) is 5.86. The Bertz CT molecular complexity index is 391. The number of thioether (sulfide) groups is 1. The van der Waals surface area contributed by atoms with Gasteiger partial charge in [-0.15, -0.1) is 11.8 Å². The van der Waals surface area contributed by atoms with Crippen molar-refractivity contribution in [2.24, 2.45) is 0 Å². The highest BCUT2D eigenvalue weighted by Gasteiger charge is 2.05. The van der Waals surface area contributed by atoms with Gasteiger partial charge in [-0.25, -0.2) is 0 Å². The van der Waals surface area contributed by atoms with Crippen molar-refractivity contribution in [2.75, 3.05) is 0 Å². The molecule has 0 amide bonds. The standard InChI is InChI=1S/C13H17ClO2S/c1-9(2)17-12-7-6-10(8-11(12)14)4-3-5-13(15)16/h6-9H,3-5H2,1-2H3,(H,15,16). The molecule has 0 spiro atoms. The molecule has 2 nitrogen and oxygen atoms in total. The van der Waals surface area contributed by atoms with Gasteiger partial charge in [-0.3, -0.25) is 4.79 Å². The number of aliphatic carboxylic acids is 1. The molecule has 0 bridgehead atoms. The smallest absolute Gasteiger partial charge is 0.303 e. The van der Waals surface area contributed by atoms with Crippen LogP contribution in [-0.2, 0) is 11.2 Å². The van der Waals surface area contributed by atoms with Crippen molar-refractivity contribution in [3.63, 3.8) is 0 Å². The topological polar surface area (TPSA) is 37.3 Å². The second-order valence-corrected chi connectivity index (χ2v) is 6.20. The summed E-state index contributed by atoms with van der Waals surface area (Å²) in [5.74, 6) is -0.747. The molecule has 1 N–H and O–H groups in total. The number of carboxylic acid groups (broad SMARTS) is 1. The van der Waals surface area contributed by atoms with Gasteiger partial charge in [0.2, 0.25) is 0 Å². The van der Waals surface area contributed by atoms with Crippen LogP contribution in [0.3, 0.4) is 0 Å². The fourth-order valence-electron chi connectivity index (χ4n) is 1.49. The van der Waals surface area contributed by atoms with Gasteiger partial charge in [0.1, 0.15) is 0 Å². The van der Waals surface area contributed by atoms with Gasteiger partial charge in [0.05, 0.1) is 5.02 Å². The van der Waals surface area contributed by atoms with Crippen LogP contribution in [0.2, 0.25) is 5.02 Å². The molecule has 0 heterocycles. The molecular weight excluding hydrogens is 256 g/mol. The minimum absolute atomic E-state index is 0.208. The number of carbonyl (C=O) groups is 1. The molecule has 17 heavy (non-hydrogen) atoms. The first-order valence-electron chi connectivity index (χ1n) is 5.66. The Hall–Kier alpha value is -0.670. The van der Waals surface area contributed by atoms with E-state index >= 15 is 0 Å². The van der Waals surface area contributed by atoms with Crippen LogP contribution in [0.5, 0.6) is 0 Å². The minimum atomic E-state index is -0.747. The van der Waals surface area contributed by atoms with Crippen LogP contribution in [-0.4, -0.2) is 16.3 Å². The zero-order valence-electron chi connectivity index (χ0n) is 10.1. The van der Waals surface area contributed by atoms with Gasteiger partial charge in [-0.2, -0.15) is 0 Å². The molecule has 4 heteroatoms. The second kappa shape index (κ2) is 6.92. The van der Waals surface area contributed by atoms with Gasteiger partial charge < -0.3 is 5.11 Å². The predicted octanol–water partition coefficient (Wildman–Crippen LogP) is 4.25. The van der Waals surface area contributed by atoms with Crippen molar-refractivity contribution < 1.29 is 9.90 Å². The average Bonchev–Trinajstić information content (AvgIpc) is 2.21. The first kappa shape index (κ1) is 14.4. The van der Waals surface area contributed by atoms with Crippen LogP contribution in [0, 0.1) is 0 Å². The Morgan fingerprint density at radius 2 is 2.18 bits per heavy atom. The zero-order chi connectivity index (χ0) is 12.8. The van der Waals surface area contributed by atoms with Crippen molar-refractivity contribution in [2.45, 2.75) is 43.3 Å². The van der Waals surface area contributed by atoms with Crippen molar-refractivity contribution in [3.05, 3.63) is 28.8 Å². The third-order valence-corrected chi connectivity index (χ3v) is 3.72. The van der Waals surface area contributed by atoms with E-state index in [0.29, 0.717) is 11.7 Å². The van der Waals surface area contributed by atoms with Crippen molar-refractivity contribution >= 4 is 29.3 Å². The van der Waals surface area contributed by atoms with Gasteiger partial charge in [0.15, 0.2) is 0 Å². The average molecular weight is 273 g/mol. The number of aryl methyl sites for hydroxylation is 1. The number of hydrogen-bond donors (Lipinski definition) is 1. The minimum Gasteiger partial charge on any atom is -0.481 e. The number of halogens is 1. The van der Waals surface area contributed by atoms with Gasteiger partial charge >= 0.3 is 5.97 Å². The molecule has 0 aromatic heterocycles. The van der Waals surface area contributed by atoms with Crippen LogP contribution in [0.1, 0.15) is 32.3 Å².